The zero-order chi connectivity index (χ0) is 14.5. The second kappa shape index (κ2) is 6.51. The van der Waals surface area contributed by atoms with E-state index in [-0.39, 0.29) is 6.54 Å². The average molecular weight is 276 g/mol. The number of aliphatic carboxylic acids is 1. The molecule has 1 N–H and O–H groups in total. The van der Waals surface area contributed by atoms with Crippen LogP contribution in [-0.4, -0.2) is 40.2 Å². The number of pyridine rings is 1. The van der Waals surface area contributed by atoms with Gasteiger partial charge in [0.2, 0.25) is 0 Å². The maximum atomic E-state index is 12.6. The smallest absolute Gasteiger partial charge is 0.403 e. The van der Waals surface area contributed by atoms with Gasteiger partial charge >= 0.3 is 12.1 Å². The molecule has 1 atom stereocenters. The van der Waals surface area contributed by atoms with Crippen LogP contribution in [0.15, 0.2) is 24.4 Å². The summed E-state index contributed by atoms with van der Waals surface area (Å²) in [6, 6.07) is 5.12. The van der Waals surface area contributed by atoms with Crippen molar-refractivity contribution in [1.29, 1.82) is 0 Å². The Morgan fingerprint density at radius 1 is 1.47 bits per heavy atom. The molecule has 0 spiro atoms. The second-order valence-electron chi connectivity index (χ2n) is 4.08. The van der Waals surface area contributed by atoms with Crippen LogP contribution in [-0.2, 0) is 11.3 Å². The fraction of sp³-hybridized carbons (Fsp3) is 0.500. The van der Waals surface area contributed by atoms with Crippen molar-refractivity contribution in [1.82, 2.24) is 9.88 Å². The summed E-state index contributed by atoms with van der Waals surface area (Å²) in [5, 5.41) is 8.66. The lowest BCUT2D eigenvalue weighted by molar-refractivity contribution is -0.196. The molecule has 0 fully saturated rings. The lowest BCUT2D eigenvalue weighted by Gasteiger charge is -2.25. The summed E-state index contributed by atoms with van der Waals surface area (Å²) in [7, 11) is 0. The Morgan fingerprint density at radius 3 is 2.58 bits per heavy atom. The van der Waals surface area contributed by atoms with Crippen molar-refractivity contribution in [3.05, 3.63) is 30.1 Å². The Hall–Kier alpha value is -1.63. The Kier molecular flexibility index (Phi) is 5.29. The number of hydrogen-bond acceptors (Lipinski definition) is 3. The Morgan fingerprint density at radius 2 is 2.16 bits per heavy atom. The molecule has 0 aliphatic rings. The van der Waals surface area contributed by atoms with E-state index in [0.29, 0.717) is 12.2 Å². The van der Waals surface area contributed by atoms with Crippen LogP contribution in [0, 0.1) is 5.92 Å². The predicted molar refractivity (Wildman–Crippen MR) is 62.4 cm³/mol. The van der Waals surface area contributed by atoms with Crippen LogP contribution in [0.25, 0.3) is 0 Å². The first-order valence-corrected chi connectivity index (χ1v) is 5.76. The maximum absolute atomic E-state index is 12.6. The second-order valence-corrected chi connectivity index (χ2v) is 4.08. The number of carboxylic acids is 1. The molecule has 0 bridgehead atoms. The molecule has 4 nitrogen and oxygen atoms in total. The molecular formula is C12H15F3N2O2. The van der Waals surface area contributed by atoms with E-state index in [1.807, 2.05) is 0 Å². The van der Waals surface area contributed by atoms with Gasteiger partial charge in [-0.2, -0.15) is 13.2 Å². The molecule has 106 valence electrons. The van der Waals surface area contributed by atoms with Gasteiger partial charge in [0.25, 0.3) is 0 Å². The predicted octanol–water partition coefficient (Wildman–Crippen LogP) is 2.17. The van der Waals surface area contributed by atoms with Crippen LogP contribution in [0.1, 0.15) is 12.6 Å². The number of alkyl halides is 3. The number of nitrogens with zero attached hydrogens (tertiary/aromatic N) is 2. The fourth-order valence-corrected chi connectivity index (χ4v) is 1.61. The van der Waals surface area contributed by atoms with E-state index in [1.54, 1.807) is 31.3 Å². The van der Waals surface area contributed by atoms with Gasteiger partial charge in [0.1, 0.15) is 0 Å². The van der Waals surface area contributed by atoms with E-state index in [9.17, 15) is 18.0 Å². The van der Waals surface area contributed by atoms with Gasteiger partial charge in [-0.05, 0) is 18.7 Å². The quantitative estimate of drug-likeness (QED) is 0.865. The number of rotatable bonds is 6. The number of carbonyl (C=O) groups is 1. The standard InChI is InChI=1S/C12H15F3N2O2/c1-2-17(7-9-5-3-4-6-16-9)8-10(11(18)19)12(13,14)15/h3-6,10H,2,7-8H2,1H3,(H,18,19). The SMILES string of the molecule is CCN(Cc1ccccn1)CC(C(=O)O)C(F)(F)F. The Labute approximate surface area is 108 Å². The van der Waals surface area contributed by atoms with E-state index >= 15 is 0 Å². The molecule has 1 aromatic heterocycles. The van der Waals surface area contributed by atoms with E-state index < -0.39 is 24.6 Å². The van der Waals surface area contributed by atoms with Gasteiger partial charge in [-0.15, -0.1) is 0 Å². The zero-order valence-electron chi connectivity index (χ0n) is 10.4. The first kappa shape index (κ1) is 15.4. The molecule has 1 unspecified atom stereocenters. The number of carboxylic acid groups (broad SMARTS) is 1. The summed E-state index contributed by atoms with van der Waals surface area (Å²) in [6.45, 7) is 1.61. The topological polar surface area (TPSA) is 53.4 Å². The summed E-state index contributed by atoms with van der Waals surface area (Å²) >= 11 is 0. The molecule has 0 aliphatic heterocycles. The highest BCUT2D eigenvalue weighted by Crippen LogP contribution is 2.27. The molecule has 0 radical (unpaired) electrons. The molecular weight excluding hydrogens is 261 g/mol. The van der Waals surface area contributed by atoms with Crippen molar-refractivity contribution >= 4 is 5.97 Å². The van der Waals surface area contributed by atoms with Crippen LogP contribution in [0.5, 0.6) is 0 Å². The average Bonchev–Trinajstić information content (AvgIpc) is 2.33. The van der Waals surface area contributed by atoms with Gasteiger partial charge in [0.05, 0.1) is 5.69 Å². The molecule has 1 aromatic rings. The van der Waals surface area contributed by atoms with Gasteiger partial charge in [-0.25, -0.2) is 0 Å². The Bertz CT molecular complexity index is 409. The first-order valence-electron chi connectivity index (χ1n) is 5.76. The highest BCUT2D eigenvalue weighted by molar-refractivity contribution is 5.71. The molecule has 19 heavy (non-hydrogen) atoms. The van der Waals surface area contributed by atoms with Crippen molar-refractivity contribution in [2.75, 3.05) is 13.1 Å². The van der Waals surface area contributed by atoms with Gasteiger partial charge in [0, 0.05) is 19.3 Å². The molecule has 0 saturated heterocycles. The Balaban J connectivity index is 2.73. The lowest BCUT2D eigenvalue weighted by atomic mass is 10.1. The van der Waals surface area contributed by atoms with E-state index in [1.165, 1.54) is 4.90 Å². The van der Waals surface area contributed by atoms with Crippen molar-refractivity contribution in [2.24, 2.45) is 5.92 Å². The minimum Gasteiger partial charge on any atom is -0.481 e. The van der Waals surface area contributed by atoms with Crippen LogP contribution >= 0.6 is 0 Å². The fourth-order valence-electron chi connectivity index (χ4n) is 1.61. The molecule has 0 aliphatic carbocycles. The minimum absolute atomic E-state index is 0.192. The summed E-state index contributed by atoms with van der Waals surface area (Å²) in [5.74, 6) is -4.23. The van der Waals surface area contributed by atoms with Crippen LogP contribution in [0.2, 0.25) is 0 Å². The number of aromatic nitrogens is 1. The largest absolute Gasteiger partial charge is 0.481 e. The summed E-state index contributed by atoms with van der Waals surface area (Å²) in [6.07, 6.45) is -3.20. The summed E-state index contributed by atoms with van der Waals surface area (Å²) < 4.78 is 37.7. The molecule has 7 heteroatoms. The molecule has 1 heterocycles. The summed E-state index contributed by atoms with van der Waals surface area (Å²) in [5.41, 5.74) is 0.607. The van der Waals surface area contributed by atoms with Gasteiger partial charge in [0.15, 0.2) is 5.92 Å². The number of halogens is 3. The monoisotopic (exact) mass is 276 g/mol. The third-order valence-corrected chi connectivity index (χ3v) is 2.69. The highest BCUT2D eigenvalue weighted by Gasteiger charge is 2.45. The van der Waals surface area contributed by atoms with E-state index in [0.717, 1.165) is 0 Å². The normalized spacial score (nSPS) is 13.5. The van der Waals surface area contributed by atoms with Gasteiger partial charge in [-0.3, -0.25) is 14.7 Å². The van der Waals surface area contributed by atoms with E-state index in [2.05, 4.69) is 4.98 Å². The highest BCUT2D eigenvalue weighted by atomic mass is 19.4. The summed E-state index contributed by atoms with van der Waals surface area (Å²) in [4.78, 5) is 16.1. The van der Waals surface area contributed by atoms with E-state index in [4.69, 9.17) is 5.11 Å². The van der Waals surface area contributed by atoms with Crippen molar-refractivity contribution < 1.29 is 23.1 Å². The van der Waals surface area contributed by atoms with Crippen molar-refractivity contribution in [2.45, 2.75) is 19.6 Å². The molecule has 0 amide bonds. The van der Waals surface area contributed by atoms with Crippen LogP contribution in [0.3, 0.4) is 0 Å². The molecule has 0 saturated carbocycles. The first-order chi connectivity index (χ1) is 8.84. The third-order valence-electron chi connectivity index (χ3n) is 2.69. The van der Waals surface area contributed by atoms with Crippen molar-refractivity contribution in [3.63, 3.8) is 0 Å². The zero-order valence-corrected chi connectivity index (χ0v) is 10.4. The minimum atomic E-state index is -4.75. The van der Waals surface area contributed by atoms with Gasteiger partial charge in [-0.1, -0.05) is 13.0 Å². The lowest BCUT2D eigenvalue weighted by Crippen LogP contribution is -2.41. The maximum Gasteiger partial charge on any atom is 0.403 e. The third kappa shape index (κ3) is 4.86. The molecule has 0 aromatic carbocycles. The van der Waals surface area contributed by atoms with Crippen molar-refractivity contribution in [3.8, 4) is 0 Å². The number of hydrogen-bond donors (Lipinski definition) is 1. The van der Waals surface area contributed by atoms with Gasteiger partial charge < -0.3 is 5.11 Å². The van der Waals surface area contributed by atoms with Crippen LogP contribution in [0.4, 0.5) is 13.2 Å². The van der Waals surface area contributed by atoms with Crippen LogP contribution < -0.4 is 0 Å². The molecule has 1 rings (SSSR count).